The molecular formula is C13H15N3O2S. The number of carbonyl (C=O) groups excluding carboxylic acids is 1. The molecule has 0 saturated heterocycles. The van der Waals surface area contributed by atoms with E-state index >= 15 is 0 Å². The summed E-state index contributed by atoms with van der Waals surface area (Å²) < 4.78 is 5.02. The highest BCUT2D eigenvalue weighted by Gasteiger charge is 2.23. The molecule has 5 nitrogen and oxygen atoms in total. The van der Waals surface area contributed by atoms with Gasteiger partial charge in [0.15, 0.2) is 5.13 Å². The number of nitrogen functional groups attached to an aromatic ring is 1. The van der Waals surface area contributed by atoms with Crippen LogP contribution in [0.4, 0.5) is 5.13 Å². The average Bonchev–Trinajstić information content (AvgIpc) is 2.91. The van der Waals surface area contributed by atoms with Crippen molar-refractivity contribution < 1.29 is 9.53 Å². The Morgan fingerprint density at radius 3 is 3.21 bits per heavy atom. The molecule has 0 aromatic carbocycles. The van der Waals surface area contributed by atoms with E-state index in [9.17, 15) is 4.79 Å². The van der Waals surface area contributed by atoms with Crippen LogP contribution in [0.5, 0.6) is 0 Å². The molecule has 3 N–H and O–H groups in total. The summed E-state index contributed by atoms with van der Waals surface area (Å²) in [6.07, 6.45) is 2.97. The van der Waals surface area contributed by atoms with Gasteiger partial charge in [0.2, 0.25) is 0 Å². The van der Waals surface area contributed by atoms with E-state index in [0.29, 0.717) is 17.4 Å². The number of ether oxygens (including phenoxy) is 1. The number of nitrogens with one attached hydrogen (secondary N) is 1. The Balaban J connectivity index is 2.06. The van der Waals surface area contributed by atoms with Crippen LogP contribution in [0.15, 0.2) is 6.07 Å². The summed E-state index contributed by atoms with van der Waals surface area (Å²) in [4.78, 5) is 20.5. The van der Waals surface area contributed by atoms with Gasteiger partial charge in [0.05, 0.1) is 12.3 Å². The zero-order valence-electron chi connectivity index (χ0n) is 10.7. The SMILES string of the molecule is CCOC(=O)c1cc2c([nH]1)-c1nc(N)sc1CCC2. The first-order chi connectivity index (χ1) is 9.19. The monoisotopic (exact) mass is 277 g/mol. The summed E-state index contributed by atoms with van der Waals surface area (Å²) in [5, 5.41) is 0.574. The first kappa shape index (κ1) is 12.2. The number of aromatic amines is 1. The molecule has 0 saturated carbocycles. The number of aryl methyl sites for hydroxylation is 2. The molecule has 0 unspecified atom stereocenters. The van der Waals surface area contributed by atoms with Gasteiger partial charge in [-0.25, -0.2) is 9.78 Å². The highest BCUT2D eigenvalue weighted by atomic mass is 32.1. The van der Waals surface area contributed by atoms with E-state index in [1.54, 1.807) is 6.92 Å². The molecule has 2 aromatic heterocycles. The maximum absolute atomic E-state index is 11.8. The molecule has 6 heteroatoms. The van der Waals surface area contributed by atoms with Gasteiger partial charge in [0, 0.05) is 4.88 Å². The minimum Gasteiger partial charge on any atom is -0.461 e. The number of fused-ring (bicyclic) bond motifs is 3. The fourth-order valence-electron chi connectivity index (χ4n) is 2.40. The predicted molar refractivity (Wildman–Crippen MR) is 74.3 cm³/mol. The largest absolute Gasteiger partial charge is 0.461 e. The van der Waals surface area contributed by atoms with Gasteiger partial charge in [0.25, 0.3) is 0 Å². The lowest BCUT2D eigenvalue weighted by molar-refractivity contribution is 0.0520. The quantitative estimate of drug-likeness (QED) is 0.826. The Bertz CT molecular complexity index is 630. The fourth-order valence-corrected chi connectivity index (χ4v) is 3.28. The van der Waals surface area contributed by atoms with Crippen LogP contribution < -0.4 is 5.73 Å². The molecule has 0 atom stereocenters. The number of nitrogens with two attached hydrogens (primary N) is 1. The number of nitrogens with zero attached hydrogens (tertiary/aromatic N) is 1. The maximum Gasteiger partial charge on any atom is 0.354 e. The van der Waals surface area contributed by atoms with Crippen molar-refractivity contribution in [1.29, 1.82) is 0 Å². The Hall–Kier alpha value is -1.82. The van der Waals surface area contributed by atoms with Crippen LogP contribution in [0, 0.1) is 0 Å². The lowest BCUT2D eigenvalue weighted by atomic mass is 10.1. The minimum atomic E-state index is -0.319. The summed E-state index contributed by atoms with van der Waals surface area (Å²) in [5.74, 6) is -0.319. The zero-order chi connectivity index (χ0) is 13.4. The van der Waals surface area contributed by atoms with Crippen LogP contribution in [0.2, 0.25) is 0 Å². The second kappa shape index (κ2) is 4.70. The number of esters is 1. The summed E-state index contributed by atoms with van der Waals surface area (Å²) in [6.45, 7) is 2.17. The van der Waals surface area contributed by atoms with E-state index in [0.717, 1.165) is 36.2 Å². The Kier molecular flexibility index (Phi) is 3.02. The van der Waals surface area contributed by atoms with Crippen molar-refractivity contribution in [3.8, 4) is 11.4 Å². The average molecular weight is 277 g/mol. The maximum atomic E-state index is 11.8. The Morgan fingerprint density at radius 1 is 1.58 bits per heavy atom. The van der Waals surface area contributed by atoms with Crippen molar-refractivity contribution in [2.75, 3.05) is 12.3 Å². The number of H-pyrrole nitrogens is 1. The van der Waals surface area contributed by atoms with Gasteiger partial charge < -0.3 is 15.5 Å². The molecule has 1 aliphatic carbocycles. The molecular weight excluding hydrogens is 262 g/mol. The molecule has 0 radical (unpaired) electrons. The Morgan fingerprint density at radius 2 is 2.42 bits per heavy atom. The van der Waals surface area contributed by atoms with Crippen LogP contribution in [-0.4, -0.2) is 22.5 Å². The van der Waals surface area contributed by atoms with Crippen molar-refractivity contribution in [2.24, 2.45) is 0 Å². The highest BCUT2D eigenvalue weighted by Crippen LogP contribution is 2.36. The minimum absolute atomic E-state index is 0.319. The molecule has 3 rings (SSSR count). The van der Waals surface area contributed by atoms with Gasteiger partial charge in [-0.1, -0.05) is 0 Å². The Labute approximate surface area is 114 Å². The normalized spacial score (nSPS) is 13.5. The van der Waals surface area contributed by atoms with E-state index in [1.807, 2.05) is 6.07 Å². The number of anilines is 1. The molecule has 2 heterocycles. The van der Waals surface area contributed by atoms with Crippen LogP contribution in [0.1, 0.15) is 34.3 Å². The van der Waals surface area contributed by atoms with Crippen LogP contribution in [0.25, 0.3) is 11.4 Å². The number of aromatic nitrogens is 2. The molecule has 0 spiro atoms. The standard InChI is InChI=1S/C13H15N3O2S/c1-2-18-12(17)8-6-7-4-3-5-9-11(10(7)15-8)16-13(14)19-9/h6,15H,2-5H2,1H3,(H2,14,16). The first-order valence-electron chi connectivity index (χ1n) is 6.33. The third-order valence-corrected chi connectivity index (χ3v) is 4.14. The molecule has 2 aromatic rings. The third kappa shape index (κ3) is 2.12. The summed E-state index contributed by atoms with van der Waals surface area (Å²) >= 11 is 1.53. The van der Waals surface area contributed by atoms with Crippen molar-refractivity contribution in [3.63, 3.8) is 0 Å². The van der Waals surface area contributed by atoms with Crippen LogP contribution in [-0.2, 0) is 17.6 Å². The van der Waals surface area contributed by atoms with Gasteiger partial charge in [-0.15, -0.1) is 11.3 Å². The summed E-state index contributed by atoms with van der Waals surface area (Å²) in [5.41, 5.74) is 9.21. The number of carbonyl (C=O) groups is 1. The zero-order valence-corrected chi connectivity index (χ0v) is 11.5. The lowest BCUT2D eigenvalue weighted by Gasteiger charge is -1.99. The molecule has 0 amide bonds. The van der Waals surface area contributed by atoms with Crippen molar-refractivity contribution in [3.05, 3.63) is 22.2 Å². The van der Waals surface area contributed by atoms with Crippen molar-refractivity contribution in [1.82, 2.24) is 9.97 Å². The van der Waals surface area contributed by atoms with Crippen molar-refractivity contribution in [2.45, 2.75) is 26.2 Å². The van der Waals surface area contributed by atoms with E-state index in [2.05, 4.69) is 9.97 Å². The molecule has 0 aliphatic heterocycles. The van der Waals surface area contributed by atoms with Gasteiger partial charge in [-0.3, -0.25) is 0 Å². The smallest absolute Gasteiger partial charge is 0.354 e. The summed E-state index contributed by atoms with van der Waals surface area (Å²) in [6, 6.07) is 1.87. The van der Waals surface area contributed by atoms with E-state index in [1.165, 1.54) is 16.2 Å². The van der Waals surface area contributed by atoms with Gasteiger partial charge in [-0.05, 0) is 37.8 Å². The lowest BCUT2D eigenvalue weighted by Crippen LogP contribution is -2.04. The van der Waals surface area contributed by atoms with Gasteiger partial charge in [-0.2, -0.15) is 0 Å². The number of hydrogen-bond donors (Lipinski definition) is 2. The molecule has 0 fully saturated rings. The molecule has 19 heavy (non-hydrogen) atoms. The second-order valence-corrected chi connectivity index (χ2v) is 5.60. The third-order valence-electron chi connectivity index (χ3n) is 3.20. The number of thiazole rings is 1. The van der Waals surface area contributed by atoms with Gasteiger partial charge in [0.1, 0.15) is 11.4 Å². The van der Waals surface area contributed by atoms with E-state index in [-0.39, 0.29) is 5.97 Å². The first-order valence-corrected chi connectivity index (χ1v) is 7.15. The van der Waals surface area contributed by atoms with Crippen LogP contribution >= 0.6 is 11.3 Å². The molecule has 100 valence electrons. The van der Waals surface area contributed by atoms with E-state index < -0.39 is 0 Å². The number of rotatable bonds is 2. The second-order valence-electron chi connectivity index (χ2n) is 4.48. The number of hydrogen-bond acceptors (Lipinski definition) is 5. The topological polar surface area (TPSA) is 81.0 Å². The summed E-state index contributed by atoms with van der Waals surface area (Å²) in [7, 11) is 0. The molecule has 1 aliphatic rings. The van der Waals surface area contributed by atoms with E-state index in [4.69, 9.17) is 10.5 Å². The molecule has 0 bridgehead atoms. The van der Waals surface area contributed by atoms with Gasteiger partial charge >= 0.3 is 5.97 Å². The fraction of sp³-hybridized carbons (Fsp3) is 0.385. The predicted octanol–water partition coefficient (Wildman–Crippen LogP) is 2.39. The highest BCUT2D eigenvalue weighted by molar-refractivity contribution is 7.15. The van der Waals surface area contributed by atoms with Crippen LogP contribution in [0.3, 0.4) is 0 Å². The van der Waals surface area contributed by atoms with Crippen molar-refractivity contribution >= 4 is 22.4 Å².